The van der Waals surface area contributed by atoms with Crippen LogP contribution in [0.25, 0.3) is 0 Å². The van der Waals surface area contributed by atoms with Gasteiger partial charge in [0.15, 0.2) is 11.5 Å². The lowest BCUT2D eigenvalue weighted by Crippen LogP contribution is -2.38. The number of ether oxygens (including phenoxy) is 2. The highest BCUT2D eigenvalue weighted by Gasteiger charge is 2.31. The maximum atomic E-state index is 12.1. The second-order valence-electron chi connectivity index (χ2n) is 6.65. The Morgan fingerprint density at radius 3 is 2.62 bits per heavy atom. The van der Waals surface area contributed by atoms with Crippen LogP contribution in [0.3, 0.4) is 0 Å². The number of benzene rings is 1. The van der Waals surface area contributed by atoms with Gasteiger partial charge >= 0.3 is 0 Å². The third kappa shape index (κ3) is 3.71. The van der Waals surface area contributed by atoms with Crippen LogP contribution >= 0.6 is 11.3 Å². The van der Waals surface area contributed by atoms with Crippen molar-refractivity contribution in [3.05, 3.63) is 45.6 Å². The molecule has 1 aromatic carbocycles. The van der Waals surface area contributed by atoms with E-state index >= 15 is 0 Å². The summed E-state index contributed by atoms with van der Waals surface area (Å²) in [6.07, 6.45) is 1.46. The minimum absolute atomic E-state index is 0.147. The predicted molar refractivity (Wildman–Crippen MR) is 104 cm³/mol. The van der Waals surface area contributed by atoms with E-state index in [-0.39, 0.29) is 11.9 Å². The smallest absolute Gasteiger partial charge is 0.223 e. The molecule has 0 radical (unpaired) electrons. The van der Waals surface area contributed by atoms with Gasteiger partial charge in [0.05, 0.1) is 20.3 Å². The van der Waals surface area contributed by atoms with E-state index in [0.717, 1.165) is 31.0 Å². The van der Waals surface area contributed by atoms with Crippen molar-refractivity contribution in [2.24, 2.45) is 0 Å². The molecule has 6 heteroatoms. The van der Waals surface area contributed by atoms with Gasteiger partial charge in [-0.05, 0) is 41.1 Å². The number of methoxy groups -OCH3 is 2. The van der Waals surface area contributed by atoms with E-state index in [1.807, 2.05) is 14.1 Å². The summed E-state index contributed by atoms with van der Waals surface area (Å²) in [6.45, 7) is 1.67. The Morgan fingerprint density at radius 2 is 2.00 bits per heavy atom. The topological polar surface area (TPSA) is 42.0 Å². The van der Waals surface area contributed by atoms with Crippen molar-refractivity contribution in [2.45, 2.75) is 18.9 Å². The molecule has 140 valence electrons. The lowest BCUT2D eigenvalue weighted by molar-refractivity contribution is -0.129. The Hall–Kier alpha value is -2.05. The van der Waals surface area contributed by atoms with Crippen molar-refractivity contribution in [2.75, 3.05) is 41.4 Å². The number of carbonyl (C=O) groups is 1. The average Bonchev–Trinajstić information content (AvgIpc) is 3.18. The molecule has 1 aliphatic rings. The summed E-state index contributed by atoms with van der Waals surface area (Å²) in [5.41, 5.74) is 2.53. The molecule has 1 atom stereocenters. The molecule has 2 aromatic rings. The highest BCUT2D eigenvalue weighted by atomic mass is 32.1. The molecule has 5 nitrogen and oxygen atoms in total. The fraction of sp³-hybridized carbons (Fsp3) is 0.450. The third-order valence-electron chi connectivity index (χ3n) is 4.90. The Bertz CT molecular complexity index is 759. The zero-order chi connectivity index (χ0) is 18.7. The van der Waals surface area contributed by atoms with Crippen LogP contribution in [0.5, 0.6) is 11.5 Å². The van der Waals surface area contributed by atoms with Gasteiger partial charge in [0.2, 0.25) is 5.91 Å². The van der Waals surface area contributed by atoms with Gasteiger partial charge in [0.1, 0.15) is 0 Å². The Kier molecular flexibility index (Phi) is 5.84. The van der Waals surface area contributed by atoms with E-state index in [0.29, 0.717) is 6.42 Å². The van der Waals surface area contributed by atoms with Crippen LogP contribution in [-0.2, 0) is 11.2 Å². The molecule has 1 amide bonds. The van der Waals surface area contributed by atoms with Gasteiger partial charge < -0.3 is 14.4 Å². The number of thiophene rings is 1. The Labute approximate surface area is 159 Å². The molecule has 0 aliphatic carbocycles. The van der Waals surface area contributed by atoms with Gasteiger partial charge in [-0.3, -0.25) is 9.69 Å². The molecule has 26 heavy (non-hydrogen) atoms. The molecule has 1 aliphatic heterocycles. The Morgan fingerprint density at radius 1 is 1.27 bits per heavy atom. The molecule has 0 spiro atoms. The predicted octanol–water partition coefficient (Wildman–Crippen LogP) is 3.19. The fourth-order valence-electron chi connectivity index (χ4n) is 3.48. The van der Waals surface area contributed by atoms with Gasteiger partial charge in [-0.25, -0.2) is 0 Å². The van der Waals surface area contributed by atoms with E-state index in [2.05, 4.69) is 34.5 Å². The highest BCUT2D eigenvalue weighted by Crippen LogP contribution is 2.42. The largest absolute Gasteiger partial charge is 0.493 e. The van der Waals surface area contributed by atoms with Crippen LogP contribution in [0, 0.1) is 0 Å². The van der Waals surface area contributed by atoms with Gasteiger partial charge in [-0.1, -0.05) is 6.07 Å². The third-order valence-corrected chi connectivity index (χ3v) is 5.82. The first kappa shape index (κ1) is 18.7. The van der Waals surface area contributed by atoms with Crippen molar-refractivity contribution in [1.29, 1.82) is 0 Å². The number of carbonyl (C=O) groups excluding carboxylic acids is 1. The van der Waals surface area contributed by atoms with Crippen molar-refractivity contribution < 1.29 is 14.3 Å². The average molecular weight is 375 g/mol. The maximum absolute atomic E-state index is 12.1. The Balaban J connectivity index is 1.96. The first-order valence-electron chi connectivity index (χ1n) is 8.77. The molecule has 0 unspecified atom stereocenters. The second kappa shape index (κ2) is 8.10. The standard InChI is InChI=1S/C20H26N2O3S/c1-21(2)19(23)8-10-22-9-7-14-12-16(24-3)17(25-4)13-15(14)20(22)18-6-5-11-26-18/h5-6,11-13,20H,7-10H2,1-4H3/t20-/m0/s1. The maximum Gasteiger partial charge on any atom is 0.223 e. The zero-order valence-corrected chi connectivity index (χ0v) is 16.6. The summed E-state index contributed by atoms with van der Waals surface area (Å²) in [7, 11) is 6.95. The van der Waals surface area contributed by atoms with Gasteiger partial charge in [0.25, 0.3) is 0 Å². The molecular formula is C20H26N2O3S. The van der Waals surface area contributed by atoms with E-state index in [4.69, 9.17) is 9.47 Å². The summed E-state index contributed by atoms with van der Waals surface area (Å²) in [5.74, 6) is 1.68. The van der Waals surface area contributed by atoms with Crippen molar-refractivity contribution in [1.82, 2.24) is 9.80 Å². The van der Waals surface area contributed by atoms with Gasteiger partial charge in [-0.15, -0.1) is 11.3 Å². The monoisotopic (exact) mass is 374 g/mol. The van der Waals surface area contributed by atoms with Crippen molar-refractivity contribution in [3.63, 3.8) is 0 Å². The molecular weight excluding hydrogens is 348 g/mol. The summed E-state index contributed by atoms with van der Waals surface area (Å²) in [6, 6.07) is 8.59. The second-order valence-corrected chi connectivity index (χ2v) is 7.63. The van der Waals surface area contributed by atoms with Gasteiger partial charge in [0, 0.05) is 38.5 Å². The number of hydrogen-bond donors (Lipinski definition) is 0. The molecule has 0 fully saturated rings. The summed E-state index contributed by atoms with van der Waals surface area (Å²) in [5, 5.41) is 2.10. The molecule has 0 saturated carbocycles. The number of amides is 1. The van der Waals surface area contributed by atoms with Crippen molar-refractivity contribution >= 4 is 17.2 Å². The zero-order valence-electron chi connectivity index (χ0n) is 15.8. The minimum atomic E-state index is 0.147. The number of hydrogen-bond acceptors (Lipinski definition) is 5. The SMILES string of the molecule is COc1cc2c(cc1OC)[C@@H](c1cccs1)N(CCC(=O)N(C)C)CC2. The van der Waals surface area contributed by atoms with Crippen LogP contribution in [0.2, 0.25) is 0 Å². The number of rotatable bonds is 6. The molecule has 2 heterocycles. The van der Waals surface area contributed by atoms with E-state index in [1.54, 1.807) is 30.5 Å². The van der Waals surface area contributed by atoms with Crippen LogP contribution in [0.15, 0.2) is 29.6 Å². The van der Waals surface area contributed by atoms with Crippen LogP contribution in [0.1, 0.15) is 28.5 Å². The summed E-state index contributed by atoms with van der Waals surface area (Å²) >= 11 is 1.75. The number of fused-ring (bicyclic) bond motifs is 1. The molecule has 0 saturated heterocycles. The summed E-state index contributed by atoms with van der Waals surface area (Å²) in [4.78, 5) is 17.4. The first-order valence-corrected chi connectivity index (χ1v) is 9.65. The van der Waals surface area contributed by atoms with Crippen LogP contribution in [-0.4, -0.2) is 57.1 Å². The highest BCUT2D eigenvalue weighted by molar-refractivity contribution is 7.10. The molecule has 1 aromatic heterocycles. The van der Waals surface area contributed by atoms with Crippen LogP contribution in [0.4, 0.5) is 0 Å². The quantitative estimate of drug-likeness (QED) is 0.779. The van der Waals surface area contributed by atoms with E-state index in [9.17, 15) is 4.79 Å². The molecule has 3 rings (SSSR count). The molecule has 0 bridgehead atoms. The first-order chi connectivity index (χ1) is 12.5. The fourth-order valence-corrected chi connectivity index (χ4v) is 4.36. The van der Waals surface area contributed by atoms with E-state index < -0.39 is 0 Å². The van der Waals surface area contributed by atoms with E-state index in [1.165, 1.54) is 16.0 Å². The lowest BCUT2D eigenvalue weighted by atomic mass is 9.90. The normalized spacial score (nSPS) is 16.8. The minimum Gasteiger partial charge on any atom is -0.493 e. The van der Waals surface area contributed by atoms with Gasteiger partial charge in [-0.2, -0.15) is 0 Å². The lowest BCUT2D eigenvalue weighted by Gasteiger charge is -2.37. The summed E-state index contributed by atoms with van der Waals surface area (Å²) < 4.78 is 11.0. The van der Waals surface area contributed by atoms with Crippen LogP contribution < -0.4 is 9.47 Å². The molecule has 0 N–H and O–H groups in total. The number of nitrogens with zero attached hydrogens (tertiary/aromatic N) is 2. The van der Waals surface area contributed by atoms with Crippen molar-refractivity contribution in [3.8, 4) is 11.5 Å².